The van der Waals surface area contributed by atoms with E-state index in [-0.39, 0.29) is 12.5 Å². The summed E-state index contributed by atoms with van der Waals surface area (Å²) >= 11 is 0. The molecule has 0 radical (unpaired) electrons. The molecule has 1 amide bonds. The zero-order valence-corrected chi connectivity index (χ0v) is 14.2. The van der Waals surface area contributed by atoms with Gasteiger partial charge in [-0.2, -0.15) is 5.10 Å². The fourth-order valence-electron chi connectivity index (χ4n) is 3.65. The third kappa shape index (κ3) is 2.92. The molecule has 7 heteroatoms. The van der Waals surface area contributed by atoms with Gasteiger partial charge in [0, 0.05) is 25.8 Å². The number of aryl methyl sites for hydroxylation is 2. The van der Waals surface area contributed by atoms with Crippen LogP contribution in [0.2, 0.25) is 0 Å². The van der Waals surface area contributed by atoms with E-state index in [1.54, 1.807) is 22.7 Å². The highest BCUT2D eigenvalue weighted by Gasteiger charge is 2.52. The Morgan fingerprint density at radius 1 is 1.38 bits per heavy atom. The minimum absolute atomic E-state index is 0.0651. The fraction of sp³-hybridized carbons (Fsp3) is 0.706. The zero-order valence-electron chi connectivity index (χ0n) is 14.2. The van der Waals surface area contributed by atoms with E-state index in [1.807, 2.05) is 6.92 Å². The number of aliphatic hydroxyl groups is 1. The van der Waals surface area contributed by atoms with Crippen LogP contribution in [0, 0.1) is 18.3 Å². The maximum absolute atomic E-state index is 12.9. The third-order valence-corrected chi connectivity index (χ3v) is 5.35. The van der Waals surface area contributed by atoms with E-state index in [0.717, 1.165) is 12.8 Å². The molecule has 2 fully saturated rings. The van der Waals surface area contributed by atoms with Gasteiger partial charge in [0.05, 0.1) is 17.4 Å². The molecule has 2 atom stereocenters. The van der Waals surface area contributed by atoms with Gasteiger partial charge in [-0.05, 0) is 32.6 Å². The first-order valence-electron chi connectivity index (χ1n) is 8.62. The maximum atomic E-state index is 12.9. The summed E-state index contributed by atoms with van der Waals surface area (Å²) in [6.07, 6.45) is 3.58. The van der Waals surface area contributed by atoms with Crippen LogP contribution in [0.4, 0.5) is 0 Å². The van der Waals surface area contributed by atoms with Crippen molar-refractivity contribution in [1.29, 1.82) is 0 Å². The number of likely N-dealkylation sites (tertiary alicyclic amines) is 1. The van der Waals surface area contributed by atoms with E-state index in [4.69, 9.17) is 0 Å². The predicted molar refractivity (Wildman–Crippen MR) is 86.6 cm³/mol. The standard InChI is InChI=1S/C17H25N3O4/c1-3-20-9-13(11(2)18-20)15(22)19-7-6-14(21)17(10-19,16(23)24)8-12-4-5-12/h9,12,14,21H,3-8,10H2,1-2H3,(H,23,24)/t14-,17-/m1/s1. The first kappa shape index (κ1) is 17.0. The lowest BCUT2D eigenvalue weighted by Crippen LogP contribution is -2.57. The number of nitrogens with zero attached hydrogens (tertiary/aromatic N) is 3. The molecule has 24 heavy (non-hydrogen) atoms. The van der Waals surface area contributed by atoms with Crippen molar-refractivity contribution in [3.05, 3.63) is 17.5 Å². The number of hydrogen-bond acceptors (Lipinski definition) is 4. The highest BCUT2D eigenvalue weighted by atomic mass is 16.4. The van der Waals surface area contributed by atoms with Crippen molar-refractivity contribution in [2.75, 3.05) is 13.1 Å². The molecule has 1 aromatic rings. The Balaban J connectivity index is 1.84. The van der Waals surface area contributed by atoms with Crippen LogP contribution in [0.25, 0.3) is 0 Å². The molecule has 0 unspecified atom stereocenters. The van der Waals surface area contributed by atoms with Gasteiger partial charge in [-0.3, -0.25) is 14.3 Å². The van der Waals surface area contributed by atoms with Gasteiger partial charge in [-0.25, -0.2) is 0 Å². The largest absolute Gasteiger partial charge is 0.481 e. The molecule has 132 valence electrons. The van der Waals surface area contributed by atoms with Gasteiger partial charge in [0.1, 0.15) is 5.41 Å². The lowest BCUT2D eigenvalue weighted by atomic mass is 9.73. The van der Waals surface area contributed by atoms with Crippen molar-refractivity contribution < 1.29 is 19.8 Å². The molecule has 0 spiro atoms. The second-order valence-electron chi connectivity index (χ2n) is 7.12. The number of aliphatic carboxylic acids is 1. The van der Waals surface area contributed by atoms with Crippen LogP contribution >= 0.6 is 0 Å². The number of carboxylic acids is 1. The topological polar surface area (TPSA) is 95.7 Å². The fourth-order valence-corrected chi connectivity index (χ4v) is 3.65. The molecule has 3 rings (SSSR count). The second kappa shape index (κ2) is 6.20. The smallest absolute Gasteiger partial charge is 0.314 e. The quantitative estimate of drug-likeness (QED) is 0.845. The number of carbonyl (C=O) groups is 2. The van der Waals surface area contributed by atoms with E-state index >= 15 is 0 Å². The Labute approximate surface area is 141 Å². The molecule has 1 saturated heterocycles. The van der Waals surface area contributed by atoms with Gasteiger partial charge >= 0.3 is 5.97 Å². The van der Waals surface area contributed by atoms with E-state index in [0.29, 0.717) is 43.1 Å². The lowest BCUT2D eigenvalue weighted by Gasteiger charge is -2.43. The zero-order chi connectivity index (χ0) is 17.5. The van der Waals surface area contributed by atoms with Crippen LogP contribution in [0.1, 0.15) is 48.7 Å². The van der Waals surface area contributed by atoms with Gasteiger partial charge < -0.3 is 15.1 Å². The second-order valence-corrected chi connectivity index (χ2v) is 7.12. The van der Waals surface area contributed by atoms with Crippen LogP contribution in [0.3, 0.4) is 0 Å². The predicted octanol–water partition coefficient (Wildman–Crippen LogP) is 1.29. The Hall–Kier alpha value is -1.89. The van der Waals surface area contributed by atoms with Gasteiger partial charge in [0.25, 0.3) is 5.91 Å². The molecule has 1 aromatic heterocycles. The number of piperidine rings is 1. The molecule has 2 aliphatic rings. The number of rotatable bonds is 5. The van der Waals surface area contributed by atoms with Crippen LogP contribution in [0.15, 0.2) is 6.20 Å². The van der Waals surface area contributed by atoms with Gasteiger partial charge in [0.15, 0.2) is 0 Å². The summed E-state index contributed by atoms with van der Waals surface area (Å²) in [5.74, 6) is -0.837. The average molecular weight is 335 g/mol. The number of aliphatic hydroxyl groups excluding tert-OH is 1. The number of hydrogen-bond donors (Lipinski definition) is 2. The molecule has 2 N–H and O–H groups in total. The van der Waals surface area contributed by atoms with Crippen molar-refractivity contribution in [1.82, 2.24) is 14.7 Å². The van der Waals surface area contributed by atoms with Crippen molar-refractivity contribution in [2.24, 2.45) is 11.3 Å². The molecular weight excluding hydrogens is 310 g/mol. The maximum Gasteiger partial charge on any atom is 0.314 e. The van der Waals surface area contributed by atoms with Crippen LogP contribution in [0.5, 0.6) is 0 Å². The van der Waals surface area contributed by atoms with Crippen molar-refractivity contribution in [2.45, 2.75) is 52.2 Å². The van der Waals surface area contributed by atoms with Crippen molar-refractivity contribution in [3.8, 4) is 0 Å². The van der Waals surface area contributed by atoms with E-state index in [2.05, 4.69) is 5.10 Å². The molecule has 2 heterocycles. The lowest BCUT2D eigenvalue weighted by molar-refractivity contribution is -0.163. The molecule has 0 bridgehead atoms. The summed E-state index contributed by atoms with van der Waals surface area (Å²) in [7, 11) is 0. The van der Waals surface area contributed by atoms with Gasteiger partial charge in [-0.1, -0.05) is 12.8 Å². The van der Waals surface area contributed by atoms with Crippen molar-refractivity contribution in [3.63, 3.8) is 0 Å². The summed E-state index contributed by atoms with van der Waals surface area (Å²) in [4.78, 5) is 26.4. The summed E-state index contributed by atoms with van der Waals surface area (Å²) in [6.45, 7) is 4.84. The van der Waals surface area contributed by atoms with Crippen LogP contribution in [-0.4, -0.2) is 56.0 Å². The first-order valence-corrected chi connectivity index (χ1v) is 8.62. The third-order valence-electron chi connectivity index (χ3n) is 5.35. The van der Waals surface area contributed by atoms with E-state index in [1.165, 1.54) is 0 Å². The number of carbonyl (C=O) groups excluding carboxylic acids is 1. The highest BCUT2D eigenvalue weighted by molar-refractivity contribution is 5.95. The Kier molecular flexibility index (Phi) is 4.38. The molecule has 1 aliphatic heterocycles. The normalized spacial score (nSPS) is 27.3. The molecule has 1 aliphatic carbocycles. The van der Waals surface area contributed by atoms with Gasteiger partial charge in [0.2, 0.25) is 0 Å². The van der Waals surface area contributed by atoms with Crippen LogP contribution < -0.4 is 0 Å². The summed E-state index contributed by atoms with van der Waals surface area (Å²) < 4.78 is 1.70. The summed E-state index contributed by atoms with van der Waals surface area (Å²) in [6, 6.07) is 0. The summed E-state index contributed by atoms with van der Waals surface area (Å²) in [5, 5.41) is 24.5. The van der Waals surface area contributed by atoms with Gasteiger partial charge in [-0.15, -0.1) is 0 Å². The highest BCUT2D eigenvalue weighted by Crippen LogP contribution is 2.45. The van der Waals surface area contributed by atoms with E-state index in [9.17, 15) is 19.8 Å². The minimum Gasteiger partial charge on any atom is -0.481 e. The Morgan fingerprint density at radius 2 is 2.08 bits per heavy atom. The van der Waals surface area contributed by atoms with Crippen molar-refractivity contribution >= 4 is 11.9 Å². The van der Waals surface area contributed by atoms with Crippen LogP contribution in [-0.2, 0) is 11.3 Å². The molecule has 7 nitrogen and oxygen atoms in total. The number of aromatic nitrogens is 2. The monoisotopic (exact) mass is 335 g/mol. The Morgan fingerprint density at radius 3 is 2.62 bits per heavy atom. The Bertz CT molecular complexity index is 652. The number of carboxylic acid groups (broad SMARTS) is 1. The average Bonchev–Trinajstić information content (AvgIpc) is 3.28. The number of amides is 1. The van der Waals surface area contributed by atoms with E-state index < -0.39 is 17.5 Å². The molecular formula is C17H25N3O4. The minimum atomic E-state index is -1.25. The SMILES string of the molecule is CCn1cc(C(=O)N2CC[C@@H](O)[C@](CC3CC3)(C(=O)O)C2)c(C)n1. The summed E-state index contributed by atoms with van der Waals surface area (Å²) in [5.41, 5.74) is -0.0842. The molecule has 0 aromatic carbocycles. The first-order chi connectivity index (χ1) is 11.4. The molecule has 1 saturated carbocycles.